The van der Waals surface area contributed by atoms with Gasteiger partial charge in [0.25, 0.3) is 0 Å². The quantitative estimate of drug-likeness (QED) is 0.711. The molecule has 0 saturated heterocycles. The Morgan fingerprint density at radius 3 is 2.25 bits per heavy atom. The van der Waals surface area contributed by atoms with Crippen LogP contribution in [-0.2, 0) is 0 Å². The minimum absolute atomic E-state index is 0.0189. The second kappa shape index (κ2) is 4.67. The Bertz CT molecular complexity index is 122. The maximum absolute atomic E-state index is 11.7. The van der Waals surface area contributed by atoms with Gasteiger partial charge in [-0.2, -0.15) is 13.2 Å². The number of alkyl halides is 3. The molecule has 0 aromatic heterocycles. The van der Waals surface area contributed by atoms with Crippen LogP contribution in [-0.4, -0.2) is 37.3 Å². The molecule has 0 saturated carbocycles. The van der Waals surface area contributed by atoms with Crippen LogP contribution in [0.25, 0.3) is 0 Å². The van der Waals surface area contributed by atoms with Gasteiger partial charge in [-0.25, -0.2) is 0 Å². The molecular formula is C7H15F3N2. The summed E-state index contributed by atoms with van der Waals surface area (Å²) in [7, 11) is 1.63. The van der Waals surface area contributed by atoms with E-state index in [2.05, 4.69) is 0 Å². The van der Waals surface area contributed by atoms with Gasteiger partial charge in [-0.3, -0.25) is 0 Å². The number of nitrogens with zero attached hydrogens (tertiary/aromatic N) is 1. The van der Waals surface area contributed by atoms with Gasteiger partial charge in [0.05, 0.1) is 6.42 Å². The average Bonchev–Trinajstić information content (AvgIpc) is 1.80. The van der Waals surface area contributed by atoms with E-state index in [1.54, 1.807) is 18.9 Å². The molecule has 0 aromatic carbocycles. The van der Waals surface area contributed by atoms with Gasteiger partial charge in [-0.1, -0.05) is 0 Å². The molecule has 0 fully saturated rings. The first kappa shape index (κ1) is 11.7. The molecule has 0 aliphatic carbocycles. The fraction of sp³-hybridized carbons (Fsp3) is 1.00. The largest absolute Gasteiger partial charge is 0.390 e. The lowest BCUT2D eigenvalue weighted by atomic mass is 10.3. The number of likely N-dealkylation sites (N-methyl/N-ethyl adjacent to an activating group) is 1. The predicted octanol–water partition coefficient (Wildman–Crippen LogP) is 1.22. The first-order valence-corrected chi connectivity index (χ1v) is 3.82. The molecule has 5 heteroatoms. The summed E-state index contributed by atoms with van der Waals surface area (Å²) in [5, 5.41) is 0. The number of halogens is 3. The normalized spacial score (nSPS) is 15.2. The number of hydrogen-bond acceptors (Lipinski definition) is 2. The van der Waals surface area contributed by atoms with Crippen molar-refractivity contribution in [2.24, 2.45) is 5.73 Å². The van der Waals surface area contributed by atoms with Crippen LogP contribution in [0.1, 0.15) is 13.3 Å². The Labute approximate surface area is 70.5 Å². The average molecular weight is 184 g/mol. The van der Waals surface area contributed by atoms with Crippen molar-refractivity contribution in [3.05, 3.63) is 0 Å². The summed E-state index contributed by atoms with van der Waals surface area (Å²) in [5.41, 5.74) is 5.41. The molecular weight excluding hydrogens is 169 g/mol. The molecule has 0 aromatic rings. The zero-order chi connectivity index (χ0) is 9.78. The Hall–Kier alpha value is -0.290. The highest BCUT2D eigenvalue weighted by molar-refractivity contribution is 4.62. The standard InChI is InChI=1S/C7H15F3N2/c1-6(11)5-12(2)4-3-7(8,9)10/h6H,3-5,11H2,1-2H3. The van der Waals surface area contributed by atoms with Crippen molar-refractivity contribution >= 4 is 0 Å². The minimum Gasteiger partial charge on any atom is -0.327 e. The van der Waals surface area contributed by atoms with E-state index >= 15 is 0 Å². The van der Waals surface area contributed by atoms with Gasteiger partial charge < -0.3 is 10.6 Å². The summed E-state index contributed by atoms with van der Waals surface area (Å²) in [6, 6.07) is -0.0803. The minimum atomic E-state index is -4.06. The van der Waals surface area contributed by atoms with Gasteiger partial charge >= 0.3 is 6.18 Å². The van der Waals surface area contributed by atoms with Gasteiger partial charge in [0.15, 0.2) is 0 Å². The van der Waals surface area contributed by atoms with E-state index in [-0.39, 0.29) is 12.6 Å². The molecule has 2 nitrogen and oxygen atoms in total. The van der Waals surface area contributed by atoms with Gasteiger partial charge in [0.1, 0.15) is 0 Å². The van der Waals surface area contributed by atoms with E-state index in [0.29, 0.717) is 6.54 Å². The molecule has 12 heavy (non-hydrogen) atoms. The van der Waals surface area contributed by atoms with E-state index in [4.69, 9.17) is 5.73 Å². The number of nitrogens with two attached hydrogens (primary N) is 1. The molecule has 0 rings (SSSR count). The van der Waals surface area contributed by atoms with Crippen LogP contribution in [0.3, 0.4) is 0 Å². The summed E-state index contributed by atoms with van der Waals surface area (Å²) in [4.78, 5) is 1.58. The van der Waals surface area contributed by atoms with Crippen LogP contribution < -0.4 is 5.73 Å². The highest BCUT2D eigenvalue weighted by Gasteiger charge is 2.26. The van der Waals surface area contributed by atoms with Crippen LogP contribution >= 0.6 is 0 Å². The maximum atomic E-state index is 11.7. The van der Waals surface area contributed by atoms with Crippen LogP contribution in [0.2, 0.25) is 0 Å². The smallest absolute Gasteiger partial charge is 0.327 e. The lowest BCUT2D eigenvalue weighted by Gasteiger charge is -2.19. The molecule has 1 unspecified atom stereocenters. The molecule has 0 aliphatic heterocycles. The van der Waals surface area contributed by atoms with Crippen LogP contribution in [0.15, 0.2) is 0 Å². The third kappa shape index (κ3) is 7.81. The summed E-state index contributed by atoms with van der Waals surface area (Å²) in [6.07, 6.45) is -4.83. The molecule has 0 aliphatic rings. The summed E-state index contributed by atoms with van der Waals surface area (Å²) in [5.74, 6) is 0. The monoisotopic (exact) mass is 184 g/mol. The van der Waals surface area contributed by atoms with Gasteiger partial charge in [0.2, 0.25) is 0 Å². The van der Waals surface area contributed by atoms with Crippen molar-refractivity contribution in [2.75, 3.05) is 20.1 Å². The summed E-state index contributed by atoms with van der Waals surface area (Å²) >= 11 is 0. The third-order valence-corrected chi connectivity index (χ3v) is 1.38. The molecule has 0 bridgehead atoms. The highest BCUT2D eigenvalue weighted by atomic mass is 19.4. The van der Waals surface area contributed by atoms with Crippen molar-refractivity contribution in [3.8, 4) is 0 Å². The third-order valence-electron chi connectivity index (χ3n) is 1.38. The molecule has 0 amide bonds. The zero-order valence-electron chi connectivity index (χ0n) is 7.36. The van der Waals surface area contributed by atoms with E-state index in [9.17, 15) is 13.2 Å². The number of hydrogen-bond donors (Lipinski definition) is 1. The van der Waals surface area contributed by atoms with Crippen molar-refractivity contribution < 1.29 is 13.2 Å². The van der Waals surface area contributed by atoms with Crippen molar-refractivity contribution in [2.45, 2.75) is 25.6 Å². The summed E-state index contributed by atoms with van der Waals surface area (Å²) in [6.45, 7) is 2.28. The fourth-order valence-electron chi connectivity index (χ4n) is 0.901. The van der Waals surface area contributed by atoms with Crippen molar-refractivity contribution in [1.82, 2.24) is 4.90 Å². The fourth-order valence-corrected chi connectivity index (χ4v) is 0.901. The van der Waals surface area contributed by atoms with Gasteiger partial charge in [0, 0.05) is 19.1 Å². The Kier molecular flexibility index (Phi) is 4.55. The maximum Gasteiger partial charge on any atom is 0.390 e. The van der Waals surface area contributed by atoms with Crippen LogP contribution in [0, 0.1) is 0 Å². The highest BCUT2D eigenvalue weighted by Crippen LogP contribution is 2.19. The zero-order valence-corrected chi connectivity index (χ0v) is 7.36. The van der Waals surface area contributed by atoms with Gasteiger partial charge in [-0.15, -0.1) is 0 Å². The molecule has 0 heterocycles. The Morgan fingerprint density at radius 2 is 1.92 bits per heavy atom. The first-order chi connectivity index (χ1) is 5.31. The Balaban J connectivity index is 3.51. The van der Waals surface area contributed by atoms with Crippen LogP contribution in [0.4, 0.5) is 13.2 Å². The second-order valence-corrected chi connectivity index (χ2v) is 3.10. The molecule has 0 spiro atoms. The number of rotatable bonds is 4. The molecule has 74 valence electrons. The molecule has 0 radical (unpaired) electrons. The lowest BCUT2D eigenvalue weighted by molar-refractivity contribution is -0.137. The lowest BCUT2D eigenvalue weighted by Crippen LogP contribution is -2.34. The van der Waals surface area contributed by atoms with E-state index in [0.717, 1.165) is 0 Å². The second-order valence-electron chi connectivity index (χ2n) is 3.10. The van der Waals surface area contributed by atoms with E-state index in [1.807, 2.05) is 0 Å². The summed E-state index contributed by atoms with van der Waals surface area (Å²) < 4.78 is 35.1. The SMILES string of the molecule is CC(N)CN(C)CCC(F)(F)F. The van der Waals surface area contributed by atoms with E-state index < -0.39 is 12.6 Å². The van der Waals surface area contributed by atoms with E-state index in [1.165, 1.54) is 0 Å². The predicted molar refractivity (Wildman–Crippen MR) is 41.8 cm³/mol. The van der Waals surface area contributed by atoms with Crippen molar-refractivity contribution in [1.29, 1.82) is 0 Å². The van der Waals surface area contributed by atoms with Crippen LogP contribution in [0.5, 0.6) is 0 Å². The molecule has 1 atom stereocenters. The van der Waals surface area contributed by atoms with Gasteiger partial charge in [-0.05, 0) is 14.0 Å². The van der Waals surface area contributed by atoms with Crippen molar-refractivity contribution in [3.63, 3.8) is 0 Å². The topological polar surface area (TPSA) is 29.3 Å². The Morgan fingerprint density at radius 1 is 1.42 bits per heavy atom. The molecule has 2 N–H and O–H groups in total. The first-order valence-electron chi connectivity index (χ1n) is 3.82.